The Hall–Kier alpha value is -3.00. The van der Waals surface area contributed by atoms with Crippen LogP contribution in [0.15, 0.2) is 48.5 Å². The highest BCUT2D eigenvalue weighted by molar-refractivity contribution is 7.18. The summed E-state index contributed by atoms with van der Waals surface area (Å²) in [6.45, 7) is 0.695. The van der Waals surface area contributed by atoms with Gasteiger partial charge in [0.15, 0.2) is 0 Å². The van der Waals surface area contributed by atoms with Gasteiger partial charge in [-0.3, -0.25) is 14.9 Å². The summed E-state index contributed by atoms with van der Waals surface area (Å²) in [7, 11) is 0. The van der Waals surface area contributed by atoms with E-state index in [0.717, 1.165) is 15.2 Å². The molecule has 0 bridgehead atoms. The standard InChI is InChI=1S/C17H16N4O3S/c22-16(9-10-18-12-5-1-3-7-14(12)21(23)24)19-11-17-20-13-6-2-4-8-15(13)25-17/h1-8,18H,9-11H2,(H,19,22). The molecule has 128 valence electrons. The molecule has 0 saturated carbocycles. The van der Waals surface area contributed by atoms with Gasteiger partial charge >= 0.3 is 0 Å². The SMILES string of the molecule is O=C(CCNc1ccccc1[N+](=O)[O-])NCc1nc2ccccc2s1. The number of hydrogen-bond donors (Lipinski definition) is 2. The van der Waals surface area contributed by atoms with Gasteiger partial charge in [0, 0.05) is 19.0 Å². The van der Waals surface area contributed by atoms with E-state index in [1.807, 2.05) is 24.3 Å². The summed E-state index contributed by atoms with van der Waals surface area (Å²) < 4.78 is 1.09. The van der Waals surface area contributed by atoms with E-state index in [2.05, 4.69) is 15.6 Å². The van der Waals surface area contributed by atoms with Crippen molar-refractivity contribution >= 4 is 38.8 Å². The van der Waals surface area contributed by atoms with Crippen molar-refractivity contribution in [3.05, 3.63) is 63.7 Å². The first-order valence-corrected chi connectivity index (χ1v) is 8.53. The molecule has 0 aliphatic rings. The lowest BCUT2D eigenvalue weighted by Gasteiger charge is -2.07. The first-order chi connectivity index (χ1) is 12.1. The predicted octanol–water partition coefficient (Wildman–Crippen LogP) is 3.32. The van der Waals surface area contributed by atoms with Crippen LogP contribution in [0.4, 0.5) is 11.4 Å². The number of fused-ring (bicyclic) bond motifs is 1. The number of thiazole rings is 1. The van der Waals surface area contributed by atoms with E-state index < -0.39 is 4.92 Å². The number of nitro benzene ring substituents is 1. The van der Waals surface area contributed by atoms with Crippen molar-refractivity contribution in [1.29, 1.82) is 0 Å². The van der Waals surface area contributed by atoms with Gasteiger partial charge in [0.05, 0.1) is 21.7 Å². The van der Waals surface area contributed by atoms with Gasteiger partial charge < -0.3 is 10.6 Å². The van der Waals surface area contributed by atoms with E-state index in [1.165, 1.54) is 6.07 Å². The number of carbonyl (C=O) groups is 1. The third-order valence-electron chi connectivity index (χ3n) is 3.54. The molecular formula is C17H16N4O3S. The maximum absolute atomic E-state index is 11.9. The number of nitrogens with zero attached hydrogens (tertiary/aromatic N) is 2. The smallest absolute Gasteiger partial charge is 0.292 e. The van der Waals surface area contributed by atoms with Crippen LogP contribution in [-0.4, -0.2) is 22.4 Å². The lowest BCUT2D eigenvalue weighted by Crippen LogP contribution is -2.24. The number of anilines is 1. The van der Waals surface area contributed by atoms with Crippen molar-refractivity contribution in [3.63, 3.8) is 0 Å². The van der Waals surface area contributed by atoms with Crippen LogP contribution in [0.25, 0.3) is 10.2 Å². The van der Waals surface area contributed by atoms with Gasteiger partial charge in [-0.2, -0.15) is 0 Å². The number of hydrogen-bond acceptors (Lipinski definition) is 6. The highest BCUT2D eigenvalue weighted by Crippen LogP contribution is 2.23. The summed E-state index contributed by atoms with van der Waals surface area (Å²) in [4.78, 5) is 26.9. The Morgan fingerprint density at radius 1 is 1.16 bits per heavy atom. The lowest BCUT2D eigenvalue weighted by molar-refractivity contribution is -0.384. The van der Waals surface area contributed by atoms with Crippen LogP contribution in [0.3, 0.4) is 0 Å². The molecule has 3 aromatic rings. The number of benzene rings is 2. The largest absolute Gasteiger partial charge is 0.379 e. The van der Waals surface area contributed by atoms with Gasteiger partial charge in [-0.05, 0) is 18.2 Å². The second-order valence-corrected chi connectivity index (χ2v) is 6.42. The summed E-state index contributed by atoms with van der Waals surface area (Å²) >= 11 is 1.55. The number of carbonyl (C=O) groups excluding carboxylic acids is 1. The third-order valence-corrected chi connectivity index (χ3v) is 4.58. The summed E-state index contributed by atoms with van der Waals surface area (Å²) in [6.07, 6.45) is 0.219. The van der Waals surface area contributed by atoms with Gasteiger partial charge in [-0.1, -0.05) is 24.3 Å². The Morgan fingerprint density at radius 3 is 2.72 bits per heavy atom. The Balaban J connectivity index is 1.48. The van der Waals surface area contributed by atoms with E-state index >= 15 is 0 Å². The predicted molar refractivity (Wildman–Crippen MR) is 97.7 cm³/mol. The molecule has 2 N–H and O–H groups in total. The molecule has 0 fully saturated rings. The molecule has 2 aromatic carbocycles. The van der Waals surface area contributed by atoms with Crippen LogP contribution in [0.1, 0.15) is 11.4 Å². The van der Waals surface area contributed by atoms with Crippen LogP contribution in [-0.2, 0) is 11.3 Å². The Bertz CT molecular complexity index is 877. The molecule has 0 radical (unpaired) electrons. The summed E-state index contributed by atoms with van der Waals surface area (Å²) in [6, 6.07) is 14.2. The van der Waals surface area contributed by atoms with E-state index in [4.69, 9.17) is 0 Å². The van der Waals surface area contributed by atoms with E-state index in [-0.39, 0.29) is 18.0 Å². The summed E-state index contributed by atoms with van der Waals surface area (Å²) in [5.41, 5.74) is 1.33. The number of amides is 1. The zero-order valence-corrected chi connectivity index (χ0v) is 14.1. The lowest BCUT2D eigenvalue weighted by atomic mass is 10.2. The summed E-state index contributed by atoms with van der Waals surface area (Å²) in [5, 5.41) is 17.5. The maximum Gasteiger partial charge on any atom is 0.292 e. The molecule has 7 nitrogen and oxygen atoms in total. The average molecular weight is 356 g/mol. The molecule has 0 unspecified atom stereocenters. The van der Waals surface area contributed by atoms with Gasteiger partial charge in [0.1, 0.15) is 10.7 Å². The first kappa shape index (κ1) is 16.8. The summed E-state index contributed by atoms with van der Waals surface area (Å²) in [5.74, 6) is -0.134. The maximum atomic E-state index is 11.9. The van der Waals surface area contributed by atoms with E-state index in [9.17, 15) is 14.9 Å². The fraction of sp³-hybridized carbons (Fsp3) is 0.176. The third kappa shape index (κ3) is 4.30. The number of nitrogens with one attached hydrogen (secondary N) is 2. The topological polar surface area (TPSA) is 97.2 Å². The van der Waals surface area contributed by atoms with Gasteiger partial charge in [-0.15, -0.1) is 11.3 Å². The molecule has 0 spiro atoms. The minimum absolute atomic E-state index is 0.00242. The number of nitro groups is 1. The van der Waals surface area contributed by atoms with Crippen molar-refractivity contribution in [3.8, 4) is 0 Å². The van der Waals surface area contributed by atoms with Crippen LogP contribution in [0.5, 0.6) is 0 Å². The molecule has 1 aromatic heterocycles. The van der Waals surface area contributed by atoms with Crippen molar-refractivity contribution in [2.45, 2.75) is 13.0 Å². The van der Waals surface area contributed by atoms with Gasteiger partial charge in [0.2, 0.25) is 5.91 Å². The number of para-hydroxylation sites is 3. The van der Waals surface area contributed by atoms with Gasteiger partial charge in [-0.25, -0.2) is 4.98 Å². The normalized spacial score (nSPS) is 10.6. The molecule has 0 saturated heterocycles. The molecule has 3 rings (SSSR count). The molecule has 25 heavy (non-hydrogen) atoms. The van der Waals surface area contributed by atoms with Crippen molar-refractivity contribution in [1.82, 2.24) is 10.3 Å². The fourth-order valence-corrected chi connectivity index (χ4v) is 3.26. The minimum Gasteiger partial charge on any atom is -0.379 e. The number of rotatable bonds is 7. The quantitative estimate of drug-likeness (QED) is 0.500. The number of aromatic nitrogens is 1. The van der Waals surface area contributed by atoms with Crippen LogP contribution < -0.4 is 10.6 Å². The fourth-order valence-electron chi connectivity index (χ4n) is 2.35. The zero-order chi connectivity index (χ0) is 17.6. The van der Waals surface area contributed by atoms with Gasteiger partial charge in [0.25, 0.3) is 5.69 Å². The average Bonchev–Trinajstić information content (AvgIpc) is 3.03. The van der Waals surface area contributed by atoms with Crippen molar-refractivity contribution in [2.75, 3.05) is 11.9 Å². The monoisotopic (exact) mass is 356 g/mol. The Labute approximate surface area is 147 Å². The molecule has 1 amide bonds. The van der Waals surface area contributed by atoms with Crippen LogP contribution >= 0.6 is 11.3 Å². The highest BCUT2D eigenvalue weighted by Gasteiger charge is 2.12. The van der Waals surface area contributed by atoms with E-state index in [1.54, 1.807) is 29.5 Å². The molecule has 8 heteroatoms. The molecule has 0 aliphatic heterocycles. The second kappa shape index (κ2) is 7.71. The van der Waals surface area contributed by atoms with Crippen LogP contribution in [0, 0.1) is 10.1 Å². The highest BCUT2D eigenvalue weighted by atomic mass is 32.1. The molecular weight excluding hydrogens is 340 g/mol. The second-order valence-electron chi connectivity index (χ2n) is 5.30. The molecule has 0 aliphatic carbocycles. The molecule has 0 atom stereocenters. The minimum atomic E-state index is -0.449. The van der Waals surface area contributed by atoms with Crippen molar-refractivity contribution < 1.29 is 9.72 Å². The zero-order valence-electron chi connectivity index (χ0n) is 13.3. The first-order valence-electron chi connectivity index (χ1n) is 7.72. The van der Waals surface area contributed by atoms with E-state index in [0.29, 0.717) is 18.8 Å². The van der Waals surface area contributed by atoms with Crippen molar-refractivity contribution in [2.24, 2.45) is 0 Å². The Morgan fingerprint density at radius 2 is 1.92 bits per heavy atom. The molecule has 1 heterocycles. The van der Waals surface area contributed by atoms with Crippen LogP contribution in [0.2, 0.25) is 0 Å². The Kier molecular flexibility index (Phi) is 5.20.